The minimum absolute atomic E-state index is 0.292. The molecule has 1 aliphatic rings. The smallest absolute Gasteiger partial charge is 0.122 e. The lowest BCUT2D eigenvalue weighted by Gasteiger charge is -2.23. The summed E-state index contributed by atoms with van der Waals surface area (Å²) < 4.78 is 0. The van der Waals surface area contributed by atoms with Gasteiger partial charge in [0, 0.05) is 6.42 Å². The summed E-state index contributed by atoms with van der Waals surface area (Å²) in [7, 11) is 0. The van der Waals surface area contributed by atoms with E-state index in [1.54, 1.807) is 6.07 Å². The molecule has 110 valence electrons. The van der Waals surface area contributed by atoms with Crippen LogP contribution in [0.4, 0.5) is 0 Å². The van der Waals surface area contributed by atoms with Crippen molar-refractivity contribution in [1.82, 2.24) is 0 Å². The number of para-hydroxylation sites is 2. The Morgan fingerprint density at radius 1 is 0.810 bits per heavy atom. The van der Waals surface area contributed by atoms with Gasteiger partial charge in [0.1, 0.15) is 11.5 Å². The summed E-state index contributed by atoms with van der Waals surface area (Å²) in [5.74, 6) is 1.20. The topological polar surface area (TPSA) is 40.5 Å². The molecular weight excluding hydrogens is 260 g/mol. The predicted molar refractivity (Wildman–Crippen MR) is 84.8 cm³/mol. The van der Waals surface area contributed by atoms with Gasteiger partial charge in [-0.25, -0.2) is 0 Å². The zero-order chi connectivity index (χ0) is 14.7. The Balaban J connectivity index is 1.88. The summed E-state index contributed by atoms with van der Waals surface area (Å²) in [5.41, 5.74) is 2.84. The molecule has 0 heterocycles. The molecule has 2 aromatic carbocycles. The van der Waals surface area contributed by atoms with Crippen LogP contribution in [0.2, 0.25) is 0 Å². The van der Waals surface area contributed by atoms with E-state index >= 15 is 0 Å². The van der Waals surface area contributed by atoms with Crippen molar-refractivity contribution in [3.05, 3.63) is 59.2 Å². The third kappa shape index (κ3) is 3.05. The molecule has 1 saturated carbocycles. The third-order valence-electron chi connectivity index (χ3n) is 4.57. The van der Waals surface area contributed by atoms with Crippen LogP contribution in [0.5, 0.6) is 11.5 Å². The average molecular weight is 282 g/mol. The summed E-state index contributed by atoms with van der Waals surface area (Å²) in [6, 6.07) is 13.4. The van der Waals surface area contributed by atoms with Crippen molar-refractivity contribution in [3.63, 3.8) is 0 Å². The van der Waals surface area contributed by atoms with Gasteiger partial charge in [-0.15, -0.1) is 0 Å². The maximum Gasteiger partial charge on any atom is 0.122 e. The molecule has 0 bridgehead atoms. The SMILES string of the molecule is Oc1ccccc1Cc1cccc(C2CCCCC2)c1O. The molecule has 0 unspecified atom stereocenters. The first kappa shape index (κ1) is 14.0. The van der Waals surface area contributed by atoms with Gasteiger partial charge < -0.3 is 10.2 Å². The van der Waals surface area contributed by atoms with Gasteiger partial charge in [-0.05, 0) is 41.5 Å². The average Bonchev–Trinajstić information content (AvgIpc) is 2.52. The van der Waals surface area contributed by atoms with Crippen LogP contribution in [-0.4, -0.2) is 10.2 Å². The first-order valence-electron chi connectivity index (χ1n) is 7.83. The fourth-order valence-electron chi connectivity index (χ4n) is 3.36. The molecule has 0 aliphatic heterocycles. The minimum Gasteiger partial charge on any atom is -0.508 e. The number of hydrogen-bond acceptors (Lipinski definition) is 2. The van der Waals surface area contributed by atoms with Crippen molar-refractivity contribution < 1.29 is 10.2 Å². The largest absolute Gasteiger partial charge is 0.508 e. The molecule has 0 spiro atoms. The van der Waals surface area contributed by atoms with Crippen LogP contribution in [0.1, 0.15) is 54.7 Å². The first-order chi connectivity index (χ1) is 10.3. The fraction of sp³-hybridized carbons (Fsp3) is 0.368. The van der Waals surface area contributed by atoms with Crippen LogP contribution in [0.25, 0.3) is 0 Å². The number of benzene rings is 2. The van der Waals surface area contributed by atoms with E-state index in [1.807, 2.05) is 30.3 Å². The summed E-state index contributed by atoms with van der Waals surface area (Å²) in [6.45, 7) is 0. The summed E-state index contributed by atoms with van der Waals surface area (Å²) in [4.78, 5) is 0. The maximum atomic E-state index is 10.6. The Morgan fingerprint density at radius 2 is 1.52 bits per heavy atom. The van der Waals surface area contributed by atoms with E-state index in [0.717, 1.165) is 16.7 Å². The van der Waals surface area contributed by atoms with Crippen LogP contribution < -0.4 is 0 Å². The highest BCUT2D eigenvalue weighted by atomic mass is 16.3. The highest BCUT2D eigenvalue weighted by Crippen LogP contribution is 2.39. The van der Waals surface area contributed by atoms with Crippen LogP contribution >= 0.6 is 0 Å². The van der Waals surface area contributed by atoms with E-state index in [-0.39, 0.29) is 0 Å². The van der Waals surface area contributed by atoms with Crippen molar-refractivity contribution in [2.24, 2.45) is 0 Å². The van der Waals surface area contributed by atoms with Crippen molar-refractivity contribution in [2.75, 3.05) is 0 Å². The highest BCUT2D eigenvalue weighted by molar-refractivity contribution is 5.46. The second-order valence-corrected chi connectivity index (χ2v) is 6.00. The molecule has 21 heavy (non-hydrogen) atoms. The van der Waals surface area contributed by atoms with Crippen molar-refractivity contribution in [1.29, 1.82) is 0 Å². The summed E-state index contributed by atoms with van der Waals surface area (Å²) >= 11 is 0. The zero-order valence-electron chi connectivity index (χ0n) is 12.3. The third-order valence-corrected chi connectivity index (χ3v) is 4.57. The normalized spacial score (nSPS) is 16.0. The molecule has 1 aliphatic carbocycles. The van der Waals surface area contributed by atoms with Gasteiger partial charge in [-0.3, -0.25) is 0 Å². The van der Waals surface area contributed by atoms with Gasteiger partial charge in [-0.1, -0.05) is 55.7 Å². The lowest BCUT2D eigenvalue weighted by atomic mass is 9.82. The number of aromatic hydroxyl groups is 2. The van der Waals surface area contributed by atoms with Gasteiger partial charge in [0.05, 0.1) is 0 Å². The minimum atomic E-state index is 0.292. The molecule has 2 aromatic rings. The van der Waals surface area contributed by atoms with Crippen LogP contribution in [0, 0.1) is 0 Å². The van der Waals surface area contributed by atoms with E-state index in [4.69, 9.17) is 0 Å². The van der Waals surface area contributed by atoms with E-state index in [1.165, 1.54) is 32.1 Å². The molecule has 0 atom stereocenters. The number of phenols is 2. The first-order valence-corrected chi connectivity index (χ1v) is 7.83. The molecule has 0 saturated heterocycles. The Morgan fingerprint density at radius 3 is 2.29 bits per heavy atom. The second-order valence-electron chi connectivity index (χ2n) is 6.00. The van der Waals surface area contributed by atoms with E-state index in [0.29, 0.717) is 23.8 Å². The van der Waals surface area contributed by atoms with Crippen LogP contribution in [0.15, 0.2) is 42.5 Å². The molecule has 2 nitrogen and oxygen atoms in total. The van der Waals surface area contributed by atoms with Crippen molar-refractivity contribution >= 4 is 0 Å². The quantitative estimate of drug-likeness (QED) is 0.854. The van der Waals surface area contributed by atoms with Gasteiger partial charge in [0.2, 0.25) is 0 Å². The Bertz CT molecular complexity index is 613. The van der Waals surface area contributed by atoms with E-state index in [9.17, 15) is 10.2 Å². The summed E-state index contributed by atoms with van der Waals surface area (Å²) in [5, 5.41) is 20.5. The van der Waals surface area contributed by atoms with Gasteiger partial charge in [0.25, 0.3) is 0 Å². The van der Waals surface area contributed by atoms with Crippen molar-refractivity contribution in [2.45, 2.75) is 44.4 Å². The molecule has 2 heteroatoms. The lowest BCUT2D eigenvalue weighted by Crippen LogP contribution is -2.05. The molecular formula is C19H22O2. The van der Waals surface area contributed by atoms with E-state index in [2.05, 4.69) is 6.07 Å². The second kappa shape index (κ2) is 6.21. The van der Waals surface area contributed by atoms with Gasteiger partial charge in [0.15, 0.2) is 0 Å². The molecule has 1 fully saturated rings. The number of hydrogen-bond donors (Lipinski definition) is 2. The maximum absolute atomic E-state index is 10.6. The molecule has 0 amide bonds. The Hall–Kier alpha value is -1.96. The monoisotopic (exact) mass is 282 g/mol. The predicted octanol–water partition coefficient (Wildman–Crippen LogP) is 4.74. The Labute approximate surface area is 126 Å². The van der Waals surface area contributed by atoms with Gasteiger partial charge >= 0.3 is 0 Å². The lowest BCUT2D eigenvalue weighted by molar-refractivity contribution is 0.411. The Kier molecular flexibility index (Phi) is 4.14. The van der Waals surface area contributed by atoms with E-state index < -0.39 is 0 Å². The van der Waals surface area contributed by atoms with Gasteiger partial charge in [-0.2, -0.15) is 0 Å². The number of phenolic OH excluding ortho intramolecular Hbond substituents is 2. The molecule has 0 aromatic heterocycles. The number of rotatable bonds is 3. The molecule has 3 rings (SSSR count). The molecule has 0 radical (unpaired) electrons. The van der Waals surface area contributed by atoms with Crippen molar-refractivity contribution in [3.8, 4) is 11.5 Å². The van der Waals surface area contributed by atoms with Crippen LogP contribution in [0.3, 0.4) is 0 Å². The fourth-order valence-corrected chi connectivity index (χ4v) is 3.36. The standard InChI is InChI=1S/C19H22O2/c20-18-12-5-4-9-15(18)13-16-10-6-11-17(19(16)21)14-7-2-1-3-8-14/h4-6,9-12,14,20-21H,1-3,7-8,13H2. The zero-order valence-corrected chi connectivity index (χ0v) is 12.3. The summed E-state index contributed by atoms with van der Waals surface area (Å²) in [6.07, 6.45) is 6.75. The molecule has 2 N–H and O–H groups in total. The van der Waals surface area contributed by atoms with Crippen LogP contribution in [-0.2, 0) is 6.42 Å². The highest BCUT2D eigenvalue weighted by Gasteiger charge is 2.20.